The van der Waals surface area contributed by atoms with Crippen LogP contribution in [-0.2, 0) is 4.79 Å². The van der Waals surface area contributed by atoms with Crippen LogP contribution >= 0.6 is 11.8 Å². The highest BCUT2D eigenvalue weighted by Gasteiger charge is 2.38. The van der Waals surface area contributed by atoms with Crippen molar-refractivity contribution in [2.75, 3.05) is 0 Å². The molecule has 0 unspecified atom stereocenters. The first-order valence-corrected chi connectivity index (χ1v) is 11.2. The summed E-state index contributed by atoms with van der Waals surface area (Å²) >= 11 is 1.39. The lowest BCUT2D eigenvalue weighted by Gasteiger charge is -2.20. The molecule has 1 aromatic carbocycles. The first-order chi connectivity index (χ1) is 15.5. The summed E-state index contributed by atoms with van der Waals surface area (Å²) in [5.41, 5.74) is 0.769. The molecule has 1 aliphatic carbocycles. The average Bonchev–Trinajstić information content (AvgIpc) is 3.45. The van der Waals surface area contributed by atoms with Crippen LogP contribution in [0.5, 0.6) is 0 Å². The van der Waals surface area contributed by atoms with Crippen molar-refractivity contribution in [2.45, 2.75) is 32.1 Å². The van der Waals surface area contributed by atoms with Crippen LogP contribution in [0, 0.1) is 21.4 Å². The maximum Gasteiger partial charge on any atom is 0.283 e. The van der Waals surface area contributed by atoms with Crippen molar-refractivity contribution in [3.63, 3.8) is 0 Å². The van der Waals surface area contributed by atoms with E-state index in [-0.39, 0.29) is 17.1 Å². The zero-order chi connectivity index (χ0) is 22.2. The topological polar surface area (TPSA) is 125 Å². The van der Waals surface area contributed by atoms with Gasteiger partial charge in [-0.05, 0) is 54.9 Å². The maximum absolute atomic E-state index is 12.6. The average molecular weight is 449 g/mol. The van der Waals surface area contributed by atoms with E-state index in [9.17, 15) is 14.9 Å². The van der Waals surface area contributed by atoms with Crippen molar-refractivity contribution in [2.24, 2.45) is 16.0 Å². The normalized spacial score (nSPS) is 20.4. The number of carbonyl (C=O) groups is 1. The predicted octanol–water partition coefficient (Wildman–Crippen LogP) is 5.05. The lowest BCUT2D eigenvalue weighted by Crippen LogP contribution is -2.35. The summed E-state index contributed by atoms with van der Waals surface area (Å²) in [4.78, 5) is 27.1. The number of nitrogens with zero attached hydrogens (tertiary/aromatic N) is 4. The molecule has 32 heavy (non-hydrogen) atoms. The summed E-state index contributed by atoms with van der Waals surface area (Å²) < 4.78 is 5.79. The van der Waals surface area contributed by atoms with E-state index in [2.05, 4.69) is 10.1 Å². The van der Waals surface area contributed by atoms with Gasteiger partial charge in [0.1, 0.15) is 16.6 Å². The summed E-state index contributed by atoms with van der Waals surface area (Å²) in [5, 5.41) is 26.7. The van der Waals surface area contributed by atoms with Crippen LogP contribution in [0.25, 0.3) is 17.4 Å². The highest BCUT2D eigenvalue weighted by Crippen LogP contribution is 2.36. The van der Waals surface area contributed by atoms with Crippen LogP contribution in [0.1, 0.15) is 37.9 Å². The van der Waals surface area contributed by atoms with E-state index in [0.717, 1.165) is 17.9 Å². The number of furan rings is 1. The molecule has 3 aliphatic rings. The molecule has 1 fully saturated rings. The fourth-order valence-corrected chi connectivity index (χ4v) is 5.06. The third-order valence-electron chi connectivity index (χ3n) is 5.70. The molecule has 2 aromatic rings. The van der Waals surface area contributed by atoms with Gasteiger partial charge in [-0.3, -0.25) is 20.3 Å². The molecule has 0 spiro atoms. The summed E-state index contributed by atoms with van der Waals surface area (Å²) in [6.07, 6.45) is 7.23. The van der Waals surface area contributed by atoms with Crippen LogP contribution in [0.15, 0.2) is 56.5 Å². The largest absolute Gasteiger partial charge is 0.457 e. The van der Waals surface area contributed by atoms with E-state index in [4.69, 9.17) is 9.83 Å². The van der Waals surface area contributed by atoms with E-state index in [0.29, 0.717) is 28.2 Å². The molecule has 5 rings (SSSR count). The van der Waals surface area contributed by atoms with E-state index in [1.807, 2.05) is 0 Å². The van der Waals surface area contributed by atoms with Gasteiger partial charge in [-0.1, -0.05) is 19.3 Å². The number of nitrogens with one attached hydrogen (secondary N) is 1. The van der Waals surface area contributed by atoms with Gasteiger partial charge in [-0.15, -0.1) is 0 Å². The standard InChI is InChI=1S/C22H19N5O4S/c23-19-17(12-16-10-11-18(31-16)13-6-8-15(9-7-13)27(29)30)20(28)24-22-26(19)25-21(32-22)14-4-2-1-3-5-14/h6-12,14,23H,1-5H2. The highest BCUT2D eigenvalue weighted by molar-refractivity contribution is 8.27. The Morgan fingerprint density at radius 3 is 2.62 bits per heavy atom. The summed E-state index contributed by atoms with van der Waals surface area (Å²) in [6, 6.07) is 9.39. The minimum absolute atomic E-state index is 0.00537. The van der Waals surface area contributed by atoms with E-state index < -0.39 is 10.8 Å². The Kier molecular flexibility index (Phi) is 5.22. The van der Waals surface area contributed by atoms with Gasteiger partial charge in [0.2, 0.25) is 5.17 Å². The molecule has 9 nitrogen and oxygen atoms in total. The van der Waals surface area contributed by atoms with Gasteiger partial charge in [0.25, 0.3) is 11.6 Å². The first-order valence-electron chi connectivity index (χ1n) is 10.3. The van der Waals surface area contributed by atoms with Gasteiger partial charge in [0.05, 0.1) is 10.5 Å². The molecule has 2 aliphatic heterocycles. The van der Waals surface area contributed by atoms with Crippen LogP contribution in [0.2, 0.25) is 0 Å². The number of thioether (sulfide) groups is 1. The Morgan fingerprint density at radius 1 is 1.16 bits per heavy atom. The van der Waals surface area contributed by atoms with Gasteiger partial charge in [-0.2, -0.15) is 15.1 Å². The molecule has 0 saturated heterocycles. The Hall–Kier alpha value is -3.53. The fraction of sp³-hybridized carbons (Fsp3) is 0.273. The van der Waals surface area contributed by atoms with Crippen molar-refractivity contribution in [3.05, 3.63) is 57.8 Å². The molecule has 1 saturated carbocycles. The summed E-state index contributed by atoms with van der Waals surface area (Å²) in [6.45, 7) is 0. The molecular weight excluding hydrogens is 430 g/mol. The number of hydrogen-bond acceptors (Lipinski definition) is 7. The SMILES string of the molecule is N=C1C(=Cc2ccc(-c3ccc([N+](=O)[O-])cc3)o2)C(=O)N=C2SC(C3CCCCC3)=NN12. The van der Waals surface area contributed by atoms with Crippen LogP contribution in [0.4, 0.5) is 5.69 Å². The van der Waals surface area contributed by atoms with Crippen molar-refractivity contribution >= 4 is 45.5 Å². The second-order valence-corrected chi connectivity index (χ2v) is 8.79. The number of amidine groups is 2. The van der Waals surface area contributed by atoms with Crippen molar-refractivity contribution in [3.8, 4) is 11.3 Å². The van der Waals surface area contributed by atoms with Crippen LogP contribution < -0.4 is 0 Å². The molecule has 162 valence electrons. The second-order valence-electron chi connectivity index (χ2n) is 7.80. The molecule has 0 bridgehead atoms. The zero-order valence-electron chi connectivity index (χ0n) is 17.0. The number of carbonyl (C=O) groups excluding carboxylic acids is 1. The predicted molar refractivity (Wildman–Crippen MR) is 122 cm³/mol. The fourth-order valence-electron chi connectivity index (χ4n) is 4.00. The number of amides is 1. The van der Waals surface area contributed by atoms with Gasteiger partial charge in [0.15, 0.2) is 5.84 Å². The summed E-state index contributed by atoms with van der Waals surface area (Å²) in [5.74, 6) is 0.730. The molecule has 1 aromatic heterocycles. The quantitative estimate of drug-likeness (QED) is 0.395. The molecule has 0 atom stereocenters. The Morgan fingerprint density at radius 2 is 1.91 bits per heavy atom. The molecular formula is C22H19N5O4S. The van der Waals surface area contributed by atoms with Gasteiger partial charge in [-0.25, -0.2) is 0 Å². The van der Waals surface area contributed by atoms with Crippen molar-refractivity contribution in [1.82, 2.24) is 5.01 Å². The Bertz CT molecular complexity index is 1210. The van der Waals surface area contributed by atoms with E-state index >= 15 is 0 Å². The zero-order valence-corrected chi connectivity index (χ0v) is 17.8. The van der Waals surface area contributed by atoms with E-state index in [1.54, 1.807) is 24.3 Å². The van der Waals surface area contributed by atoms with E-state index in [1.165, 1.54) is 54.2 Å². The third kappa shape index (κ3) is 3.77. The van der Waals surface area contributed by atoms with Crippen LogP contribution in [0.3, 0.4) is 0 Å². The number of hydrazone groups is 1. The number of rotatable bonds is 4. The minimum Gasteiger partial charge on any atom is -0.457 e. The highest BCUT2D eigenvalue weighted by atomic mass is 32.2. The Balaban J connectivity index is 1.38. The molecule has 3 heterocycles. The smallest absolute Gasteiger partial charge is 0.283 e. The monoisotopic (exact) mass is 449 g/mol. The molecule has 1 amide bonds. The van der Waals surface area contributed by atoms with Gasteiger partial charge < -0.3 is 4.42 Å². The molecule has 0 radical (unpaired) electrons. The van der Waals surface area contributed by atoms with Gasteiger partial charge in [0, 0.05) is 23.6 Å². The minimum atomic E-state index is -0.498. The number of non-ortho nitro benzene ring substituents is 1. The number of nitro groups is 1. The first kappa shape index (κ1) is 20.4. The van der Waals surface area contributed by atoms with Gasteiger partial charge >= 0.3 is 0 Å². The third-order valence-corrected chi connectivity index (χ3v) is 6.77. The van der Waals surface area contributed by atoms with Crippen LogP contribution in [-0.4, -0.2) is 31.9 Å². The lowest BCUT2D eigenvalue weighted by molar-refractivity contribution is -0.384. The number of hydrogen-bond donors (Lipinski definition) is 1. The number of nitro benzene ring substituents is 1. The molecule has 10 heteroatoms. The number of aliphatic imine (C=N–C) groups is 1. The maximum atomic E-state index is 12.6. The number of benzene rings is 1. The van der Waals surface area contributed by atoms with Crippen molar-refractivity contribution in [1.29, 1.82) is 5.41 Å². The number of fused-ring (bicyclic) bond motifs is 1. The second kappa shape index (κ2) is 8.19. The molecule has 1 N–H and O–H groups in total. The lowest BCUT2D eigenvalue weighted by atomic mass is 9.90. The summed E-state index contributed by atoms with van der Waals surface area (Å²) in [7, 11) is 0. The Labute approximate surface area is 187 Å². The van der Waals surface area contributed by atoms with Crippen molar-refractivity contribution < 1.29 is 14.1 Å².